The van der Waals surface area contributed by atoms with Gasteiger partial charge in [-0.05, 0) is 42.3 Å². The SMILES string of the molecule is CCCCCC(F)CCOc1ccc(C(=O)Cl)cc1. The van der Waals surface area contributed by atoms with E-state index in [9.17, 15) is 9.18 Å². The van der Waals surface area contributed by atoms with E-state index in [0.717, 1.165) is 19.3 Å². The van der Waals surface area contributed by atoms with Crippen LogP contribution in [0.15, 0.2) is 24.3 Å². The predicted octanol–water partition coefficient (Wildman–Crippen LogP) is 4.75. The van der Waals surface area contributed by atoms with Gasteiger partial charge in [0, 0.05) is 12.0 Å². The van der Waals surface area contributed by atoms with Crippen molar-refractivity contribution in [2.24, 2.45) is 0 Å². The molecule has 1 aromatic rings. The first-order valence-corrected chi connectivity index (χ1v) is 7.08. The fourth-order valence-corrected chi connectivity index (χ4v) is 1.87. The number of rotatable bonds is 9. The number of benzene rings is 1. The summed E-state index contributed by atoms with van der Waals surface area (Å²) in [5.41, 5.74) is 0.428. The van der Waals surface area contributed by atoms with Crippen molar-refractivity contribution in [3.63, 3.8) is 0 Å². The van der Waals surface area contributed by atoms with Crippen LogP contribution < -0.4 is 4.74 Å². The Morgan fingerprint density at radius 3 is 2.53 bits per heavy atom. The van der Waals surface area contributed by atoms with E-state index in [4.69, 9.17) is 16.3 Å². The zero-order valence-corrected chi connectivity index (χ0v) is 12.0. The van der Waals surface area contributed by atoms with Crippen molar-refractivity contribution in [2.75, 3.05) is 6.61 Å². The summed E-state index contributed by atoms with van der Waals surface area (Å²) in [5, 5.41) is -0.494. The van der Waals surface area contributed by atoms with Crippen molar-refractivity contribution in [3.05, 3.63) is 29.8 Å². The average Bonchev–Trinajstić information content (AvgIpc) is 2.39. The first-order chi connectivity index (χ1) is 9.13. The lowest BCUT2D eigenvalue weighted by atomic mass is 10.1. The average molecular weight is 287 g/mol. The van der Waals surface area contributed by atoms with Gasteiger partial charge in [-0.3, -0.25) is 4.79 Å². The van der Waals surface area contributed by atoms with E-state index in [-0.39, 0.29) is 0 Å². The summed E-state index contributed by atoms with van der Waals surface area (Å²) in [6.45, 7) is 2.45. The molecule has 0 aliphatic carbocycles. The van der Waals surface area contributed by atoms with Crippen molar-refractivity contribution >= 4 is 16.8 Å². The maximum Gasteiger partial charge on any atom is 0.252 e. The Morgan fingerprint density at radius 2 is 1.95 bits per heavy atom. The van der Waals surface area contributed by atoms with Crippen LogP contribution in [0.2, 0.25) is 0 Å². The van der Waals surface area contributed by atoms with Crippen molar-refractivity contribution in [1.82, 2.24) is 0 Å². The first kappa shape index (κ1) is 16.0. The van der Waals surface area contributed by atoms with Crippen LogP contribution in [0, 0.1) is 0 Å². The second-order valence-corrected chi connectivity index (χ2v) is 4.87. The van der Waals surface area contributed by atoms with Crippen LogP contribution in [0.5, 0.6) is 5.75 Å². The minimum absolute atomic E-state index is 0.349. The van der Waals surface area contributed by atoms with E-state index < -0.39 is 11.4 Å². The topological polar surface area (TPSA) is 26.3 Å². The molecule has 1 atom stereocenters. The number of alkyl halides is 1. The Balaban J connectivity index is 2.23. The zero-order chi connectivity index (χ0) is 14.1. The smallest absolute Gasteiger partial charge is 0.252 e. The molecule has 0 bridgehead atoms. The Morgan fingerprint density at radius 1 is 1.26 bits per heavy atom. The summed E-state index contributed by atoms with van der Waals surface area (Å²) in [5.74, 6) is 0.627. The molecule has 4 heteroatoms. The zero-order valence-electron chi connectivity index (χ0n) is 11.2. The molecule has 19 heavy (non-hydrogen) atoms. The van der Waals surface area contributed by atoms with Gasteiger partial charge in [0.25, 0.3) is 5.24 Å². The molecule has 0 radical (unpaired) electrons. The molecule has 0 spiro atoms. The van der Waals surface area contributed by atoms with Crippen LogP contribution in [0.3, 0.4) is 0 Å². The monoisotopic (exact) mass is 286 g/mol. The summed E-state index contributed by atoms with van der Waals surface area (Å²) in [6, 6.07) is 6.53. The quantitative estimate of drug-likeness (QED) is 0.483. The van der Waals surface area contributed by atoms with E-state index in [1.54, 1.807) is 24.3 Å². The second-order valence-electron chi connectivity index (χ2n) is 4.53. The van der Waals surface area contributed by atoms with Gasteiger partial charge in [-0.1, -0.05) is 26.2 Å². The molecule has 0 fully saturated rings. The number of carbonyl (C=O) groups is 1. The Hall–Kier alpha value is -1.09. The molecule has 1 unspecified atom stereocenters. The third kappa shape index (κ3) is 6.58. The number of halogens is 2. The van der Waals surface area contributed by atoms with E-state index in [1.165, 1.54) is 0 Å². The number of hydrogen-bond donors (Lipinski definition) is 0. The minimum Gasteiger partial charge on any atom is -0.493 e. The molecule has 1 aromatic carbocycles. The number of hydrogen-bond acceptors (Lipinski definition) is 2. The molecule has 0 aliphatic heterocycles. The van der Waals surface area contributed by atoms with Crippen molar-refractivity contribution in [1.29, 1.82) is 0 Å². The van der Waals surface area contributed by atoms with Gasteiger partial charge in [0.15, 0.2) is 0 Å². The van der Waals surface area contributed by atoms with E-state index >= 15 is 0 Å². The van der Waals surface area contributed by atoms with Crippen LogP contribution in [0.25, 0.3) is 0 Å². The van der Waals surface area contributed by atoms with Gasteiger partial charge < -0.3 is 4.74 Å². The van der Waals surface area contributed by atoms with Crippen LogP contribution >= 0.6 is 11.6 Å². The maximum atomic E-state index is 13.5. The number of unbranched alkanes of at least 4 members (excludes halogenated alkanes) is 2. The normalized spacial score (nSPS) is 12.2. The standard InChI is InChI=1S/C15H20ClFO2/c1-2-3-4-5-13(17)10-11-19-14-8-6-12(7-9-14)15(16)18/h6-9,13H,2-5,10-11H2,1H3. The van der Waals surface area contributed by atoms with Gasteiger partial charge in [0.1, 0.15) is 11.9 Å². The summed E-state index contributed by atoms with van der Waals surface area (Å²) in [7, 11) is 0. The van der Waals surface area contributed by atoms with Gasteiger partial charge in [-0.2, -0.15) is 0 Å². The Bertz CT molecular complexity index is 378. The molecule has 0 saturated heterocycles. The van der Waals surface area contributed by atoms with Gasteiger partial charge in [-0.15, -0.1) is 0 Å². The van der Waals surface area contributed by atoms with Crippen LogP contribution in [0.1, 0.15) is 49.4 Å². The Kier molecular flexibility index (Phi) is 7.49. The highest BCUT2D eigenvalue weighted by Gasteiger charge is 2.07. The molecular formula is C15H20ClFO2. The summed E-state index contributed by atoms with van der Waals surface area (Å²) >= 11 is 5.33. The third-order valence-corrected chi connectivity index (χ3v) is 3.12. The third-order valence-electron chi connectivity index (χ3n) is 2.90. The lowest BCUT2D eigenvalue weighted by Gasteiger charge is -2.09. The lowest BCUT2D eigenvalue weighted by Crippen LogP contribution is -2.07. The molecule has 0 aliphatic rings. The van der Waals surface area contributed by atoms with Gasteiger partial charge in [0.05, 0.1) is 6.61 Å². The number of ether oxygens (including phenoxy) is 1. The van der Waals surface area contributed by atoms with Crippen LogP contribution in [0.4, 0.5) is 4.39 Å². The highest BCUT2D eigenvalue weighted by atomic mass is 35.5. The van der Waals surface area contributed by atoms with Crippen molar-refractivity contribution in [3.8, 4) is 5.75 Å². The summed E-state index contributed by atoms with van der Waals surface area (Å²) in [4.78, 5) is 10.9. The molecular weight excluding hydrogens is 267 g/mol. The molecule has 0 N–H and O–H groups in total. The maximum absolute atomic E-state index is 13.5. The largest absolute Gasteiger partial charge is 0.493 e. The van der Waals surface area contributed by atoms with Crippen LogP contribution in [-0.2, 0) is 0 Å². The molecule has 2 nitrogen and oxygen atoms in total. The highest BCUT2D eigenvalue weighted by molar-refractivity contribution is 6.67. The van der Waals surface area contributed by atoms with Gasteiger partial charge >= 0.3 is 0 Å². The van der Waals surface area contributed by atoms with Crippen molar-refractivity contribution < 1.29 is 13.9 Å². The molecule has 0 amide bonds. The molecule has 0 heterocycles. The van der Waals surface area contributed by atoms with Crippen molar-refractivity contribution in [2.45, 2.75) is 45.2 Å². The minimum atomic E-state index is -0.796. The van der Waals surface area contributed by atoms with Crippen LogP contribution in [-0.4, -0.2) is 18.0 Å². The molecule has 106 valence electrons. The fourth-order valence-electron chi connectivity index (χ4n) is 1.75. The van der Waals surface area contributed by atoms with Gasteiger partial charge in [0.2, 0.25) is 0 Å². The lowest BCUT2D eigenvalue weighted by molar-refractivity contribution is 0.108. The Labute approximate surface area is 118 Å². The predicted molar refractivity (Wildman–Crippen MR) is 75.8 cm³/mol. The van der Waals surface area contributed by atoms with E-state index in [0.29, 0.717) is 30.8 Å². The number of carbonyl (C=O) groups excluding carboxylic acids is 1. The first-order valence-electron chi connectivity index (χ1n) is 6.70. The van der Waals surface area contributed by atoms with E-state index in [1.807, 2.05) is 0 Å². The fraction of sp³-hybridized carbons (Fsp3) is 0.533. The van der Waals surface area contributed by atoms with Gasteiger partial charge in [-0.25, -0.2) is 4.39 Å². The highest BCUT2D eigenvalue weighted by Crippen LogP contribution is 2.15. The molecule has 0 saturated carbocycles. The summed E-state index contributed by atoms with van der Waals surface area (Å²) < 4.78 is 18.9. The molecule has 0 aromatic heterocycles. The molecule has 1 rings (SSSR count). The second kappa shape index (κ2) is 8.92. The van der Waals surface area contributed by atoms with E-state index in [2.05, 4.69) is 6.92 Å². The summed E-state index contributed by atoms with van der Waals surface area (Å²) in [6.07, 6.45) is 3.33.